The summed E-state index contributed by atoms with van der Waals surface area (Å²) in [6.07, 6.45) is 1.63. The molecule has 2 rings (SSSR count). The normalized spacial score (nSPS) is 25.5. The second-order valence-electron chi connectivity index (χ2n) is 6.69. The van der Waals surface area contributed by atoms with Crippen LogP contribution in [0.4, 0.5) is 13.2 Å². The molecule has 0 nitrogen and oxygen atoms in total. The van der Waals surface area contributed by atoms with E-state index in [-0.39, 0.29) is 10.8 Å². The molecule has 0 amide bonds. The number of fused-ring (bicyclic) bond motifs is 1. The van der Waals surface area contributed by atoms with E-state index in [1.165, 1.54) is 0 Å². The first-order chi connectivity index (χ1) is 9.39. The van der Waals surface area contributed by atoms with Gasteiger partial charge in [0.05, 0.1) is 0 Å². The van der Waals surface area contributed by atoms with Crippen LogP contribution < -0.4 is 0 Å². The fourth-order valence-corrected chi connectivity index (χ4v) is 6.35. The third-order valence-corrected chi connectivity index (χ3v) is 8.11. The lowest BCUT2D eigenvalue weighted by atomic mass is 9.94. The van der Waals surface area contributed by atoms with Gasteiger partial charge >= 0.3 is 5.51 Å². The average molecular weight is 337 g/mol. The number of rotatable bonds is 1. The summed E-state index contributed by atoms with van der Waals surface area (Å²) in [5, 5.41) is 0. The molecule has 0 saturated heterocycles. The average Bonchev–Trinajstić information content (AvgIpc) is 2.63. The lowest BCUT2D eigenvalue weighted by molar-refractivity contribution is -0.0362. The monoisotopic (exact) mass is 336 g/mol. The highest BCUT2D eigenvalue weighted by Gasteiger charge is 2.58. The van der Waals surface area contributed by atoms with Crippen LogP contribution in [-0.2, 0) is 0 Å². The van der Waals surface area contributed by atoms with Gasteiger partial charge in [-0.15, -0.1) is 0 Å². The van der Waals surface area contributed by atoms with Crippen molar-refractivity contribution in [1.29, 1.82) is 0 Å². The van der Waals surface area contributed by atoms with Gasteiger partial charge < -0.3 is 0 Å². The minimum Gasteiger partial charge on any atom is -0.160 e. The Kier molecular flexibility index (Phi) is 3.95. The minimum atomic E-state index is -4.45. The van der Waals surface area contributed by atoms with Crippen molar-refractivity contribution in [2.24, 2.45) is 5.41 Å². The zero-order valence-electron chi connectivity index (χ0n) is 12.8. The molecule has 118 valence electrons. The molecular weight excluding hydrogens is 317 g/mol. The van der Waals surface area contributed by atoms with E-state index < -0.39 is 20.2 Å². The first-order valence-electron chi connectivity index (χ1n) is 6.84. The number of allylic oxidation sites excluding steroid dienone is 1. The van der Waals surface area contributed by atoms with E-state index in [4.69, 9.17) is 10.7 Å². The van der Waals surface area contributed by atoms with Gasteiger partial charge in [0.2, 0.25) is 0 Å². The standard InChI is InChI=1S/C16H20ClF3S/c1-10(2)11-6-7-12-9-14(15(3,4)5)21(17,13(12)8-11)16(18,19)20/h6-10H,1-5H3. The summed E-state index contributed by atoms with van der Waals surface area (Å²) >= 11 is 0. The van der Waals surface area contributed by atoms with E-state index in [0.717, 1.165) is 5.56 Å². The topological polar surface area (TPSA) is 0 Å². The molecule has 0 saturated carbocycles. The highest BCUT2D eigenvalue weighted by Crippen LogP contribution is 2.82. The smallest absolute Gasteiger partial charge is 0.160 e. The molecular formula is C16H20ClF3S. The molecule has 1 atom stereocenters. The molecule has 0 spiro atoms. The largest absolute Gasteiger partial charge is 0.445 e. The number of hydrogen-bond acceptors (Lipinski definition) is 0. The van der Waals surface area contributed by atoms with Crippen molar-refractivity contribution in [2.45, 2.75) is 50.9 Å². The fraction of sp³-hybridized carbons (Fsp3) is 0.500. The van der Waals surface area contributed by atoms with Crippen LogP contribution in [0.2, 0.25) is 0 Å². The maximum absolute atomic E-state index is 13.8. The van der Waals surface area contributed by atoms with Crippen molar-refractivity contribution in [3.8, 4) is 0 Å². The van der Waals surface area contributed by atoms with Crippen LogP contribution in [0.3, 0.4) is 0 Å². The van der Waals surface area contributed by atoms with Crippen molar-refractivity contribution in [2.75, 3.05) is 0 Å². The van der Waals surface area contributed by atoms with E-state index in [9.17, 15) is 13.2 Å². The van der Waals surface area contributed by atoms with Crippen molar-refractivity contribution in [3.05, 3.63) is 34.2 Å². The highest BCUT2D eigenvalue weighted by atomic mass is 35.7. The summed E-state index contributed by atoms with van der Waals surface area (Å²) in [4.78, 5) is 0.535. The molecule has 1 aromatic rings. The quantitative estimate of drug-likeness (QED) is 0.515. The molecule has 0 aliphatic carbocycles. The molecule has 1 aromatic carbocycles. The molecule has 0 aromatic heterocycles. The van der Waals surface area contributed by atoms with Gasteiger partial charge in [0.1, 0.15) is 0 Å². The van der Waals surface area contributed by atoms with E-state index in [1.807, 2.05) is 19.9 Å². The zero-order chi connectivity index (χ0) is 16.2. The number of benzene rings is 1. The van der Waals surface area contributed by atoms with Gasteiger partial charge in [-0.2, -0.15) is 13.2 Å². The molecule has 0 radical (unpaired) electrons. The van der Waals surface area contributed by atoms with Crippen LogP contribution in [0.5, 0.6) is 0 Å². The predicted octanol–water partition coefficient (Wildman–Crippen LogP) is 7.05. The molecule has 1 aliphatic rings. The second kappa shape index (κ2) is 4.95. The molecule has 1 aliphatic heterocycles. The van der Waals surface area contributed by atoms with Crippen molar-refractivity contribution < 1.29 is 13.2 Å². The minimum absolute atomic E-state index is 0.169. The maximum Gasteiger partial charge on any atom is 0.445 e. The lowest BCUT2D eigenvalue weighted by Crippen LogP contribution is -2.22. The lowest BCUT2D eigenvalue weighted by Gasteiger charge is -2.40. The number of halogens is 4. The summed E-state index contributed by atoms with van der Waals surface area (Å²) in [6, 6.07) is 5.29. The van der Waals surface area contributed by atoms with Crippen LogP contribution in [0.1, 0.15) is 51.7 Å². The predicted molar refractivity (Wildman–Crippen MR) is 85.7 cm³/mol. The van der Waals surface area contributed by atoms with Crippen molar-refractivity contribution >= 4 is 26.0 Å². The van der Waals surface area contributed by atoms with Crippen molar-refractivity contribution in [1.82, 2.24) is 0 Å². The first-order valence-corrected chi connectivity index (χ1v) is 9.30. The number of hydrogen-bond donors (Lipinski definition) is 0. The van der Waals surface area contributed by atoms with E-state index in [1.54, 1.807) is 39.0 Å². The van der Waals surface area contributed by atoms with Crippen LogP contribution >= 0.6 is 19.9 Å². The van der Waals surface area contributed by atoms with Gasteiger partial charge in [-0.1, -0.05) is 46.8 Å². The summed E-state index contributed by atoms with van der Waals surface area (Å²) < 4.78 is 41.4. The summed E-state index contributed by atoms with van der Waals surface area (Å²) in [5.41, 5.74) is -3.58. The number of alkyl halides is 3. The Hall–Kier alpha value is -0.610. The Morgan fingerprint density at radius 1 is 1.10 bits per heavy atom. The van der Waals surface area contributed by atoms with Gasteiger partial charge in [-0.25, -0.2) is 0 Å². The third kappa shape index (κ3) is 2.61. The molecule has 21 heavy (non-hydrogen) atoms. The summed E-state index contributed by atoms with van der Waals surface area (Å²) in [7, 11) is 2.79. The Morgan fingerprint density at radius 3 is 2.10 bits per heavy atom. The molecule has 0 bridgehead atoms. The molecule has 5 heteroatoms. The van der Waals surface area contributed by atoms with Crippen LogP contribution in [0.25, 0.3) is 6.08 Å². The first kappa shape index (κ1) is 16.8. The van der Waals surface area contributed by atoms with Crippen molar-refractivity contribution in [3.63, 3.8) is 0 Å². The molecule has 1 heterocycles. The SMILES string of the molecule is CC(C)c1ccc2c(c1)S(Cl)(C(F)(F)F)C(C(C)(C)C)=C2. The Morgan fingerprint density at radius 2 is 1.67 bits per heavy atom. The van der Waals surface area contributed by atoms with Gasteiger partial charge in [0, 0.05) is 4.90 Å². The van der Waals surface area contributed by atoms with Gasteiger partial charge in [-0.3, -0.25) is 0 Å². The Bertz CT molecular complexity index is 597. The highest BCUT2D eigenvalue weighted by molar-refractivity contribution is 8.54. The van der Waals surface area contributed by atoms with Gasteiger partial charge in [-0.05, 0) is 59.4 Å². The van der Waals surface area contributed by atoms with E-state index >= 15 is 0 Å². The van der Waals surface area contributed by atoms with E-state index in [2.05, 4.69) is 0 Å². The van der Waals surface area contributed by atoms with Crippen LogP contribution in [-0.4, -0.2) is 5.51 Å². The second-order valence-corrected chi connectivity index (χ2v) is 10.5. The maximum atomic E-state index is 13.8. The zero-order valence-corrected chi connectivity index (χ0v) is 14.4. The fourth-order valence-electron chi connectivity index (χ4n) is 2.50. The summed E-state index contributed by atoms with van der Waals surface area (Å²) in [6.45, 7) is 9.28. The van der Waals surface area contributed by atoms with Crippen LogP contribution in [0, 0.1) is 5.41 Å². The van der Waals surface area contributed by atoms with Crippen LogP contribution in [0.15, 0.2) is 28.0 Å². The van der Waals surface area contributed by atoms with E-state index in [0.29, 0.717) is 10.5 Å². The van der Waals surface area contributed by atoms with Gasteiger partial charge in [0.25, 0.3) is 0 Å². The Labute approximate surface area is 130 Å². The third-order valence-electron chi connectivity index (χ3n) is 3.66. The Balaban J connectivity index is 2.72. The molecule has 0 N–H and O–H groups in total. The molecule has 1 unspecified atom stereocenters. The summed E-state index contributed by atoms with van der Waals surface area (Å²) in [5.74, 6) is 0.169. The van der Waals surface area contributed by atoms with Gasteiger partial charge in [0.15, 0.2) is 0 Å². The molecule has 0 fully saturated rings.